The molecule has 0 saturated heterocycles. The highest BCUT2D eigenvalue weighted by molar-refractivity contribution is 8.14. The first-order valence-electron chi connectivity index (χ1n) is 6.21. The van der Waals surface area contributed by atoms with Gasteiger partial charge >= 0.3 is 0 Å². The zero-order chi connectivity index (χ0) is 13.5. The number of carbonyl (C=O) groups excluding carboxylic acids is 1. The van der Waals surface area contributed by atoms with Gasteiger partial charge in [0.05, 0.1) is 0 Å². The molecule has 0 saturated carbocycles. The fourth-order valence-electron chi connectivity index (χ4n) is 1.90. The van der Waals surface area contributed by atoms with Crippen molar-refractivity contribution in [3.63, 3.8) is 0 Å². The lowest BCUT2D eigenvalue weighted by Crippen LogP contribution is -2.01. The highest BCUT2D eigenvalue weighted by atomic mass is 32.2. The Morgan fingerprint density at radius 2 is 1.74 bits per heavy atom. The second-order valence-electron chi connectivity index (χ2n) is 4.21. The molecule has 2 heteroatoms. The molecule has 0 aliphatic rings. The van der Waals surface area contributed by atoms with E-state index in [0.717, 1.165) is 17.5 Å². The molecule has 0 unspecified atom stereocenters. The molecule has 0 atom stereocenters. The van der Waals surface area contributed by atoms with Crippen molar-refractivity contribution in [1.82, 2.24) is 0 Å². The molecule has 2 rings (SSSR count). The molecule has 96 valence electrons. The third kappa shape index (κ3) is 3.83. The van der Waals surface area contributed by atoms with Crippen molar-refractivity contribution in [2.24, 2.45) is 0 Å². The molecule has 19 heavy (non-hydrogen) atoms. The van der Waals surface area contributed by atoms with Crippen LogP contribution >= 0.6 is 11.8 Å². The lowest BCUT2D eigenvalue weighted by atomic mass is 10.0. The summed E-state index contributed by atoms with van der Waals surface area (Å²) in [4.78, 5) is 12.1. The lowest BCUT2D eigenvalue weighted by Gasteiger charge is -2.08. The maximum Gasteiger partial charge on any atom is 0.219 e. The normalized spacial score (nSPS) is 10.1. The zero-order valence-corrected chi connectivity index (χ0v) is 11.5. The van der Waals surface area contributed by atoms with E-state index in [1.807, 2.05) is 42.5 Å². The van der Waals surface area contributed by atoms with Crippen LogP contribution in [0.25, 0.3) is 0 Å². The van der Waals surface area contributed by atoms with Crippen molar-refractivity contribution >= 4 is 16.9 Å². The molecular formula is C17H16OS. The van der Waals surface area contributed by atoms with Gasteiger partial charge in [-0.1, -0.05) is 72.4 Å². The SMILES string of the molecule is C=CCSC(=O)c1ccccc1Cc1ccccc1. The molecular weight excluding hydrogens is 252 g/mol. The van der Waals surface area contributed by atoms with Gasteiger partial charge in [-0.3, -0.25) is 4.79 Å². The maximum atomic E-state index is 12.1. The van der Waals surface area contributed by atoms with Crippen molar-refractivity contribution in [1.29, 1.82) is 0 Å². The van der Waals surface area contributed by atoms with Crippen molar-refractivity contribution < 1.29 is 4.79 Å². The Morgan fingerprint density at radius 1 is 1.05 bits per heavy atom. The average molecular weight is 268 g/mol. The third-order valence-corrected chi connectivity index (χ3v) is 3.69. The van der Waals surface area contributed by atoms with E-state index in [-0.39, 0.29) is 5.12 Å². The van der Waals surface area contributed by atoms with E-state index in [2.05, 4.69) is 18.7 Å². The highest BCUT2D eigenvalue weighted by Crippen LogP contribution is 2.19. The summed E-state index contributed by atoms with van der Waals surface area (Å²) < 4.78 is 0. The Bertz CT molecular complexity index is 560. The van der Waals surface area contributed by atoms with E-state index in [9.17, 15) is 4.79 Å². The van der Waals surface area contributed by atoms with Crippen LogP contribution < -0.4 is 0 Å². The van der Waals surface area contributed by atoms with Gasteiger partial charge in [0.15, 0.2) is 0 Å². The second-order valence-corrected chi connectivity index (χ2v) is 5.20. The standard InChI is InChI=1S/C17H16OS/c1-2-12-19-17(18)16-11-7-6-10-15(16)13-14-8-4-3-5-9-14/h2-11H,1,12-13H2. The quantitative estimate of drug-likeness (QED) is 0.750. The van der Waals surface area contributed by atoms with Gasteiger partial charge in [-0.2, -0.15) is 0 Å². The fraction of sp³-hybridized carbons (Fsp3) is 0.118. The van der Waals surface area contributed by atoms with Gasteiger partial charge in [0.25, 0.3) is 0 Å². The van der Waals surface area contributed by atoms with Crippen LogP contribution in [0.15, 0.2) is 67.3 Å². The summed E-state index contributed by atoms with van der Waals surface area (Å²) in [5, 5.41) is 0.117. The van der Waals surface area contributed by atoms with Crippen molar-refractivity contribution in [2.45, 2.75) is 6.42 Å². The van der Waals surface area contributed by atoms with Crippen LogP contribution in [0.5, 0.6) is 0 Å². The summed E-state index contributed by atoms with van der Waals surface area (Å²) in [6.45, 7) is 3.64. The molecule has 2 aromatic carbocycles. The van der Waals surface area contributed by atoms with Crippen LogP contribution in [0.4, 0.5) is 0 Å². The van der Waals surface area contributed by atoms with Gasteiger partial charge in [0.1, 0.15) is 0 Å². The van der Waals surface area contributed by atoms with E-state index < -0.39 is 0 Å². The largest absolute Gasteiger partial charge is 0.282 e. The molecule has 0 fully saturated rings. The Kier molecular flexibility index (Phi) is 4.99. The lowest BCUT2D eigenvalue weighted by molar-refractivity contribution is 0.108. The fourth-order valence-corrected chi connectivity index (χ4v) is 2.53. The van der Waals surface area contributed by atoms with Crippen LogP contribution in [-0.2, 0) is 6.42 Å². The monoisotopic (exact) mass is 268 g/mol. The van der Waals surface area contributed by atoms with Crippen molar-refractivity contribution in [2.75, 3.05) is 5.75 Å². The molecule has 0 radical (unpaired) electrons. The molecule has 2 aromatic rings. The number of hydrogen-bond acceptors (Lipinski definition) is 2. The number of rotatable bonds is 5. The minimum Gasteiger partial charge on any atom is -0.282 e. The Balaban J connectivity index is 2.21. The number of carbonyl (C=O) groups is 1. The topological polar surface area (TPSA) is 17.1 Å². The third-order valence-electron chi connectivity index (χ3n) is 2.81. The summed E-state index contributed by atoms with van der Waals surface area (Å²) >= 11 is 1.30. The Hall–Kier alpha value is -1.80. The first-order valence-corrected chi connectivity index (χ1v) is 7.19. The smallest absolute Gasteiger partial charge is 0.219 e. The number of thioether (sulfide) groups is 1. The highest BCUT2D eigenvalue weighted by Gasteiger charge is 2.10. The summed E-state index contributed by atoms with van der Waals surface area (Å²) in [5.74, 6) is 0.651. The average Bonchev–Trinajstić information content (AvgIpc) is 2.46. The minimum absolute atomic E-state index is 0.117. The van der Waals surface area contributed by atoms with Gasteiger partial charge in [-0.15, -0.1) is 6.58 Å². The molecule has 0 aliphatic carbocycles. The van der Waals surface area contributed by atoms with Crippen LogP contribution in [0.3, 0.4) is 0 Å². The molecule has 0 N–H and O–H groups in total. The molecule has 0 aliphatic heterocycles. The van der Waals surface area contributed by atoms with E-state index in [4.69, 9.17) is 0 Å². The second kappa shape index (κ2) is 6.95. The van der Waals surface area contributed by atoms with E-state index in [0.29, 0.717) is 5.75 Å². The predicted molar refractivity (Wildman–Crippen MR) is 82.7 cm³/mol. The molecule has 0 heterocycles. The van der Waals surface area contributed by atoms with Gasteiger partial charge in [0, 0.05) is 11.3 Å². The summed E-state index contributed by atoms with van der Waals surface area (Å²) in [6.07, 6.45) is 2.54. The Morgan fingerprint density at radius 3 is 2.47 bits per heavy atom. The molecule has 0 bridgehead atoms. The number of benzene rings is 2. The summed E-state index contributed by atoms with van der Waals surface area (Å²) in [6, 6.07) is 18.0. The van der Waals surface area contributed by atoms with Crippen LogP contribution in [-0.4, -0.2) is 10.9 Å². The predicted octanol–water partition coefficient (Wildman–Crippen LogP) is 4.34. The first kappa shape index (κ1) is 13.6. The minimum atomic E-state index is 0.117. The maximum absolute atomic E-state index is 12.1. The summed E-state index contributed by atoms with van der Waals surface area (Å²) in [5.41, 5.74) is 3.10. The number of hydrogen-bond donors (Lipinski definition) is 0. The van der Waals surface area contributed by atoms with Crippen molar-refractivity contribution in [3.8, 4) is 0 Å². The van der Waals surface area contributed by atoms with Gasteiger partial charge in [-0.05, 0) is 17.5 Å². The molecule has 0 aromatic heterocycles. The van der Waals surface area contributed by atoms with Gasteiger partial charge < -0.3 is 0 Å². The van der Waals surface area contributed by atoms with Gasteiger partial charge in [-0.25, -0.2) is 0 Å². The zero-order valence-electron chi connectivity index (χ0n) is 10.7. The van der Waals surface area contributed by atoms with E-state index >= 15 is 0 Å². The van der Waals surface area contributed by atoms with E-state index in [1.54, 1.807) is 6.08 Å². The summed E-state index contributed by atoms with van der Waals surface area (Å²) in [7, 11) is 0. The first-order chi connectivity index (χ1) is 9.31. The van der Waals surface area contributed by atoms with Crippen LogP contribution in [0, 0.1) is 0 Å². The Labute approximate surface area is 118 Å². The van der Waals surface area contributed by atoms with E-state index in [1.165, 1.54) is 17.3 Å². The van der Waals surface area contributed by atoms with Crippen LogP contribution in [0.1, 0.15) is 21.5 Å². The van der Waals surface area contributed by atoms with Gasteiger partial charge in [0.2, 0.25) is 5.12 Å². The molecule has 0 amide bonds. The molecule has 0 spiro atoms. The van der Waals surface area contributed by atoms with Crippen LogP contribution in [0.2, 0.25) is 0 Å². The van der Waals surface area contributed by atoms with Crippen molar-refractivity contribution in [3.05, 3.63) is 83.9 Å². The molecule has 1 nitrogen and oxygen atoms in total.